The first-order chi connectivity index (χ1) is 8.61. The lowest BCUT2D eigenvalue weighted by molar-refractivity contribution is -0.121. The predicted octanol–water partition coefficient (Wildman–Crippen LogP) is 1.37. The van der Waals surface area contributed by atoms with E-state index in [1.165, 1.54) is 32.4 Å². The second kappa shape index (κ2) is 8.48. The number of carbonyl (C=O) groups is 1. The summed E-state index contributed by atoms with van der Waals surface area (Å²) < 4.78 is 0. The molecule has 1 aliphatic heterocycles. The molecule has 2 atom stereocenters. The Hall–Kier alpha value is -0.610. The summed E-state index contributed by atoms with van der Waals surface area (Å²) in [5.41, 5.74) is 0. The lowest BCUT2D eigenvalue weighted by Gasteiger charge is -2.29. The van der Waals surface area contributed by atoms with Crippen molar-refractivity contribution in [3.05, 3.63) is 0 Å². The van der Waals surface area contributed by atoms with E-state index in [0.29, 0.717) is 12.6 Å². The Balaban J connectivity index is 2.14. The van der Waals surface area contributed by atoms with Crippen LogP contribution in [0, 0.1) is 0 Å². The van der Waals surface area contributed by atoms with Gasteiger partial charge < -0.3 is 15.5 Å². The van der Waals surface area contributed by atoms with Crippen LogP contribution in [0.5, 0.6) is 0 Å². The molecular weight excluding hydrogens is 226 g/mol. The molecular formula is C14H29N3O. The van der Waals surface area contributed by atoms with Crippen LogP contribution in [0.15, 0.2) is 0 Å². The summed E-state index contributed by atoms with van der Waals surface area (Å²) in [5, 5.41) is 6.28. The van der Waals surface area contributed by atoms with Gasteiger partial charge in [-0.2, -0.15) is 0 Å². The maximum Gasteiger partial charge on any atom is 0.234 e. The van der Waals surface area contributed by atoms with Crippen LogP contribution in [0.25, 0.3) is 0 Å². The summed E-state index contributed by atoms with van der Waals surface area (Å²) >= 11 is 0. The van der Waals surface area contributed by atoms with Gasteiger partial charge >= 0.3 is 0 Å². The Labute approximate surface area is 111 Å². The van der Waals surface area contributed by atoms with E-state index in [0.717, 1.165) is 13.0 Å². The molecule has 0 bridgehead atoms. The van der Waals surface area contributed by atoms with E-state index >= 15 is 0 Å². The average Bonchev–Trinajstić information content (AvgIpc) is 2.37. The number of amides is 1. The minimum absolute atomic E-state index is 0.111. The summed E-state index contributed by atoms with van der Waals surface area (Å²) in [6, 6.07) is 0.655. The third-order valence-corrected chi connectivity index (χ3v) is 3.61. The molecule has 1 fully saturated rings. The Morgan fingerprint density at radius 3 is 2.44 bits per heavy atom. The molecule has 0 spiro atoms. The maximum atomic E-state index is 11.7. The van der Waals surface area contributed by atoms with Crippen molar-refractivity contribution >= 4 is 5.91 Å². The number of rotatable bonds is 7. The summed E-state index contributed by atoms with van der Waals surface area (Å²) in [6.45, 7) is 10.1. The van der Waals surface area contributed by atoms with E-state index in [-0.39, 0.29) is 11.9 Å². The van der Waals surface area contributed by atoms with E-state index < -0.39 is 0 Å². The fourth-order valence-electron chi connectivity index (χ4n) is 2.31. The van der Waals surface area contributed by atoms with Gasteiger partial charge in [0.2, 0.25) is 5.91 Å². The van der Waals surface area contributed by atoms with Gasteiger partial charge in [-0.25, -0.2) is 0 Å². The molecule has 106 valence electrons. The highest BCUT2D eigenvalue weighted by molar-refractivity contribution is 5.78. The number of nitrogens with zero attached hydrogens (tertiary/aromatic N) is 1. The molecule has 4 heteroatoms. The van der Waals surface area contributed by atoms with E-state index in [1.54, 1.807) is 0 Å². The molecule has 1 aliphatic rings. The highest BCUT2D eigenvalue weighted by Gasteiger charge is 2.14. The van der Waals surface area contributed by atoms with Gasteiger partial charge in [-0.05, 0) is 46.2 Å². The van der Waals surface area contributed by atoms with Gasteiger partial charge in [0.15, 0.2) is 0 Å². The van der Waals surface area contributed by atoms with Crippen molar-refractivity contribution < 1.29 is 4.79 Å². The predicted molar refractivity (Wildman–Crippen MR) is 75.7 cm³/mol. The number of piperidine rings is 1. The molecule has 0 radical (unpaired) electrons. The van der Waals surface area contributed by atoms with E-state index in [2.05, 4.69) is 36.3 Å². The van der Waals surface area contributed by atoms with Crippen LogP contribution in [0.2, 0.25) is 0 Å². The summed E-state index contributed by atoms with van der Waals surface area (Å²) in [7, 11) is 0. The Kier molecular flexibility index (Phi) is 7.28. The molecule has 1 amide bonds. The Bertz CT molecular complexity index is 239. The van der Waals surface area contributed by atoms with Crippen molar-refractivity contribution in [3.8, 4) is 0 Å². The maximum absolute atomic E-state index is 11.7. The molecule has 0 aliphatic carbocycles. The van der Waals surface area contributed by atoms with Gasteiger partial charge in [-0.3, -0.25) is 4.79 Å². The molecule has 18 heavy (non-hydrogen) atoms. The molecule has 4 nitrogen and oxygen atoms in total. The molecule has 0 aromatic heterocycles. The first-order valence-electron chi connectivity index (χ1n) is 7.37. The van der Waals surface area contributed by atoms with Gasteiger partial charge in [-0.1, -0.05) is 13.3 Å². The number of hydrogen-bond donors (Lipinski definition) is 2. The zero-order valence-electron chi connectivity index (χ0n) is 12.2. The largest absolute Gasteiger partial charge is 0.351 e. The van der Waals surface area contributed by atoms with Crippen molar-refractivity contribution in [2.45, 2.75) is 58.5 Å². The molecule has 2 unspecified atom stereocenters. The van der Waals surface area contributed by atoms with Crippen molar-refractivity contribution in [2.75, 3.05) is 26.2 Å². The van der Waals surface area contributed by atoms with Crippen LogP contribution in [-0.4, -0.2) is 49.1 Å². The van der Waals surface area contributed by atoms with E-state index in [1.807, 2.05) is 0 Å². The average molecular weight is 255 g/mol. The van der Waals surface area contributed by atoms with Gasteiger partial charge in [0.25, 0.3) is 0 Å². The van der Waals surface area contributed by atoms with Crippen LogP contribution in [0.1, 0.15) is 46.5 Å². The number of hydrogen-bond acceptors (Lipinski definition) is 3. The molecule has 0 aromatic rings. The monoisotopic (exact) mass is 255 g/mol. The second-order valence-corrected chi connectivity index (χ2v) is 5.52. The van der Waals surface area contributed by atoms with Gasteiger partial charge in [0.05, 0.1) is 6.54 Å². The number of nitrogens with one attached hydrogen (secondary N) is 2. The summed E-state index contributed by atoms with van der Waals surface area (Å²) in [5.74, 6) is 0.111. The van der Waals surface area contributed by atoms with Crippen molar-refractivity contribution in [1.82, 2.24) is 15.5 Å². The van der Waals surface area contributed by atoms with Crippen LogP contribution in [0.3, 0.4) is 0 Å². The van der Waals surface area contributed by atoms with Crippen LogP contribution < -0.4 is 10.6 Å². The van der Waals surface area contributed by atoms with Crippen LogP contribution in [-0.2, 0) is 4.79 Å². The number of carbonyl (C=O) groups excluding carboxylic acids is 1. The quantitative estimate of drug-likeness (QED) is 0.722. The molecule has 1 rings (SSSR count). The van der Waals surface area contributed by atoms with Gasteiger partial charge in [0.1, 0.15) is 0 Å². The van der Waals surface area contributed by atoms with E-state index in [9.17, 15) is 4.79 Å². The van der Waals surface area contributed by atoms with Gasteiger partial charge in [0, 0.05) is 18.6 Å². The highest BCUT2D eigenvalue weighted by atomic mass is 16.2. The van der Waals surface area contributed by atoms with Crippen LogP contribution in [0.4, 0.5) is 0 Å². The van der Waals surface area contributed by atoms with Crippen molar-refractivity contribution in [1.29, 1.82) is 0 Å². The molecule has 1 saturated heterocycles. The standard InChI is InChI=1S/C14H29N3O/c1-4-12(2)15-10-14(18)16-13(3)11-17-8-6-5-7-9-17/h12-13,15H,4-11H2,1-3H3,(H,16,18). The summed E-state index contributed by atoms with van der Waals surface area (Å²) in [6.07, 6.45) is 5.01. The zero-order valence-corrected chi connectivity index (χ0v) is 12.2. The fraction of sp³-hybridized carbons (Fsp3) is 0.929. The minimum atomic E-state index is 0.111. The first kappa shape index (κ1) is 15.4. The highest BCUT2D eigenvalue weighted by Crippen LogP contribution is 2.08. The minimum Gasteiger partial charge on any atom is -0.351 e. The third-order valence-electron chi connectivity index (χ3n) is 3.61. The first-order valence-corrected chi connectivity index (χ1v) is 7.37. The van der Waals surface area contributed by atoms with Crippen molar-refractivity contribution in [3.63, 3.8) is 0 Å². The topological polar surface area (TPSA) is 44.4 Å². The fourth-order valence-corrected chi connectivity index (χ4v) is 2.31. The SMILES string of the molecule is CCC(C)NCC(=O)NC(C)CN1CCCCC1. The molecule has 1 heterocycles. The lowest BCUT2D eigenvalue weighted by atomic mass is 10.1. The third kappa shape index (κ3) is 6.36. The second-order valence-electron chi connectivity index (χ2n) is 5.52. The smallest absolute Gasteiger partial charge is 0.234 e. The number of likely N-dealkylation sites (tertiary alicyclic amines) is 1. The van der Waals surface area contributed by atoms with E-state index in [4.69, 9.17) is 0 Å². The molecule has 2 N–H and O–H groups in total. The Morgan fingerprint density at radius 1 is 1.17 bits per heavy atom. The molecule has 0 saturated carbocycles. The van der Waals surface area contributed by atoms with Gasteiger partial charge in [-0.15, -0.1) is 0 Å². The zero-order chi connectivity index (χ0) is 13.4. The van der Waals surface area contributed by atoms with Crippen molar-refractivity contribution in [2.24, 2.45) is 0 Å². The van der Waals surface area contributed by atoms with Crippen LogP contribution >= 0.6 is 0 Å². The Morgan fingerprint density at radius 2 is 1.83 bits per heavy atom. The molecule has 0 aromatic carbocycles. The normalized spacial score (nSPS) is 20.4. The lowest BCUT2D eigenvalue weighted by Crippen LogP contribution is -2.46. The summed E-state index contributed by atoms with van der Waals surface area (Å²) in [4.78, 5) is 14.2.